The highest BCUT2D eigenvalue weighted by atomic mass is 35.5. The molecule has 102 valence electrons. The lowest BCUT2D eigenvalue weighted by atomic mass is 9.97. The Labute approximate surface area is 123 Å². The van der Waals surface area contributed by atoms with Crippen molar-refractivity contribution in [3.63, 3.8) is 0 Å². The van der Waals surface area contributed by atoms with Gasteiger partial charge < -0.3 is 5.32 Å². The van der Waals surface area contributed by atoms with E-state index in [1.807, 2.05) is 12.1 Å². The summed E-state index contributed by atoms with van der Waals surface area (Å²) < 4.78 is 0. The number of benzene rings is 1. The average molecular weight is 287 g/mol. The Hall–Kier alpha value is -1.87. The van der Waals surface area contributed by atoms with E-state index in [9.17, 15) is 4.79 Å². The van der Waals surface area contributed by atoms with Crippen molar-refractivity contribution in [3.8, 4) is 0 Å². The molecule has 1 atom stereocenters. The Bertz CT molecular complexity index is 628. The number of aromatic nitrogens is 1. The van der Waals surface area contributed by atoms with Crippen molar-refractivity contribution in [2.45, 2.75) is 25.2 Å². The van der Waals surface area contributed by atoms with Gasteiger partial charge in [-0.2, -0.15) is 0 Å². The Balaban J connectivity index is 1.68. The molecule has 0 spiro atoms. The van der Waals surface area contributed by atoms with Crippen molar-refractivity contribution in [3.05, 3.63) is 58.9 Å². The minimum absolute atomic E-state index is 0.0361. The van der Waals surface area contributed by atoms with Crippen LogP contribution in [0.15, 0.2) is 42.7 Å². The quantitative estimate of drug-likeness (QED) is 0.932. The fourth-order valence-corrected chi connectivity index (χ4v) is 2.92. The predicted octanol–water partition coefficient (Wildman–Crippen LogP) is 3.79. The van der Waals surface area contributed by atoms with Crippen LogP contribution < -0.4 is 5.32 Å². The summed E-state index contributed by atoms with van der Waals surface area (Å²) in [7, 11) is 0. The van der Waals surface area contributed by atoms with Gasteiger partial charge in [-0.25, -0.2) is 0 Å². The number of carbonyl (C=O) groups is 1. The molecule has 2 aromatic rings. The van der Waals surface area contributed by atoms with Gasteiger partial charge in [0.15, 0.2) is 0 Å². The zero-order valence-corrected chi connectivity index (χ0v) is 11.7. The zero-order chi connectivity index (χ0) is 13.9. The number of halogens is 1. The van der Waals surface area contributed by atoms with Crippen LogP contribution in [0, 0.1) is 0 Å². The molecule has 0 fully saturated rings. The number of hydrogen-bond acceptors (Lipinski definition) is 2. The number of nitrogens with one attached hydrogen (secondary N) is 1. The third-order valence-corrected chi connectivity index (χ3v) is 3.94. The maximum atomic E-state index is 12.1. The van der Waals surface area contributed by atoms with Crippen LogP contribution in [-0.2, 0) is 11.2 Å². The van der Waals surface area contributed by atoms with Crippen molar-refractivity contribution in [2.75, 3.05) is 5.32 Å². The standard InChI is InChI=1S/C16H15ClN2O/c17-13-4-3-11-1-2-12(15(11)10-13)9-16(20)19-14-5-7-18-8-6-14/h3-8,10,12H,1-2,9H2,(H,18,19,20). The van der Waals surface area contributed by atoms with Crippen molar-refractivity contribution >= 4 is 23.2 Å². The highest BCUT2D eigenvalue weighted by molar-refractivity contribution is 6.30. The molecule has 0 saturated carbocycles. The van der Waals surface area contributed by atoms with Gasteiger partial charge in [-0.1, -0.05) is 17.7 Å². The Morgan fingerprint density at radius 2 is 2.10 bits per heavy atom. The highest BCUT2D eigenvalue weighted by Crippen LogP contribution is 2.37. The van der Waals surface area contributed by atoms with Crippen LogP contribution in [0.25, 0.3) is 0 Å². The summed E-state index contributed by atoms with van der Waals surface area (Å²) in [6.07, 6.45) is 5.87. The smallest absolute Gasteiger partial charge is 0.224 e. The second-order valence-electron chi connectivity index (χ2n) is 5.07. The highest BCUT2D eigenvalue weighted by Gasteiger charge is 2.24. The van der Waals surface area contributed by atoms with E-state index in [-0.39, 0.29) is 11.8 Å². The van der Waals surface area contributed by atoms with E-state index in [1.54, 1.807) is 24.5 Å². The maximum Gasteiger partial charge on any atom is 0.224 e. The van der Waals surface area contributed by atoms with Gasteiger partial charge in [0.05, 0.1) is 0 Å². The first-order valence-corrected chi connectivity index (χ1v) is 7.08. The number of rotatable bonds is 3. The van der Waals surface area contributed by atoms with Crippen molar-refractivity contribution < 1.29 is 4.79 Å². The lowest BCUT2D eigenvalue weighted by Crippen LogP contribution is -2.14. The number of hydrogen-bond donors (Lipinski definition) is 1. The molecule has 1 amide bonds. The largest absolute Gasteiger partial charge is 0.326 e. The van der Waals surface area contributed by atoms with Gasteiger partial charge in [0.25, 0.3) is 0 Å². The minimum atomic E-state index is 0.0361. The van der Waals surface area contributed by atoms with Crippen LogP contribution in [0.3, 0.4) is 0 Å². The number of nitrogens with zero attached hydrogens (tertiary/aromatic N) is 1. The van der Waals surface area contributed by atoms with Gasteiger partial charge >= 0.3 is 0 Å². The Morgan fingerprint density at radius 3 is 2.90 bits per heavy atom. The maximum absolute atomic E-state index is 12.1. The van der Waals surface area contributed by atoms with Crippen molar-refractivity contribution in [1.82, 2.24) is 4.98 Å². The normalized spacial score (nSPS) is 16.8. The average Bonchev–Trinajstić information content (AvgIpc) is 2.82. The van der Waals surface area contributed by atoms with Gasteiger partial charge in [0, 0.05) is 29.5 Å². The zero-order valence-electron chi connectivity index (χ0n) is 11.0. The van der Waals surface area contributed by atoms with E-state index < -0.39 is 0 Å². The number of amides is 1. The van der Waals surface area contributed by atoms with E-state index in [4.69, 9.17) is 11.6 Å². The lowest BCUT2D eigenvalue weighted by Gasteiger charge is -2.12. The molecule has 0 saturated heterocycles. The molecule has 1 aromatic heterocycles. The fourth-order valence-electron chi connectivity index (χ4n) is 2.74. The minimum Gasteiger partial charge on any atom is -0.326 e. The topological polar surface area (TPSA) is 42.0 Å². The van der Waals surface area contributed by atoms with Gasteiger partial charge in [0.1, 0.15) is 0 Å². The molecule has 0 aliphatic heterocycles. The van der Waals surface area contributed by atoms with E-state index in [0.29, 0.717) is 6.42 Å². The SMILES string of the molecule is O=C(CC1CCc2ccc(Cl)cc21)Nc1ccncc1. The summed E-state index contributed by atoms with van der Waals surface area (Å²) in [5, 5.41) is 3.64. The fraction of sp³-hybridized carbons (Fsp3) is 0.250. The molecular formula is C16H15ClN2O. The molecule has 20 heavy (non-hydrogen) atoms. The van der Waals surface area contributed by atoms with E-state index in [0.717, 1.165) is 23.6 Å². The summed E-state index contributed by atoms with van der Waals surface area (Å²) >= 11 is 6.05. The Morgan fingerprint density at radius 1 is 1.30 bits per heavy atom. The summed E-state index contributed by atoms with van der Waals surface area (Å²) in [5.74, 6) is 0.305. The van der Waals surface area contributed by atoms with Crippen LogP contribution in [0.1, 0.15) is 29.9 Å². The van der Waals surface area contributed by atoms with Gasteiger partial charge in [-0.3, -0.25) is 9.78 Å². The number of anilines is 1. The first-order valence-electron chi connectivity index (χ1n) is 6.70. The molecule has 4 heteroatoms. The second kappa shape index (κ2) is 5.63. The molecule has 0 bridgehead atoms. The molecule has 0 radical (unpaired) electrons. The molecule has 1 aromatic carbocycles. The van der Waals surface area contributed by atoms with Crippen molar-refractivity contribution in [2.24, 2.45) is 0 Å². The van der Waals surface area contributed by atoms with Gasteiger partial charge in [0.2, 0.25) is 5.91 Å². The second-order valence-corrected chi connectivity index (χ2v) is 5.50. The summed E-state index contributed by atoms with van der Waals surface area (Å²) in [4.78, 5) is 16.0. The van der Waals surface area contributed by atoms with Crippen LogP contribution in [0.2, 0.25) is 5.02 Å². The van der Waals surface area contributed by atoms with Crippen LogP contribution in [-0.4, -0.2) is 10.9 Å². The molecular weight excluding hydrogens is 272 g/mol. The van der Waals surface area contributed by atoms with Gasteiger partial charge in [-0.15, -0.1) is 0 Å². The third-order valence-electron chi connectivity index (χ3n) is 3.71. The predicted molar refractivity (Wildman–Crippen MR) is 80.0 cm³/mol. The van der Waals surface area contributed by atoms with E-state index in [1.165, 1.54) is 11.1 Å². The number of carbonyl (C=O) groups excluding carboxylic acids is 1. The van der Waals surface area contributed by atoms with Crippen LogP contribution in [0.5, 0.6) is 0 Å². The molecule has 1 heterocycles. The number of pyridine rings is 1. The van der Waals surface area contributed by atoms with E-state index >= 15 is 0 Å². The van der Waals surface area contributed by atoms with Gasteiger partial charge in [-0.05, 0) is 54.2 Å². The molecule has 1 aliphatic rings. The van der Waals surface area contributed by atoms with Crippen LogP contribution in [0.4, 0.5) is 5.69 Å². The summed E-state index contributed by atoms with van der Waals surface area (Å²) in [6, 6.07) is 9.56. The molecule has 3 rings (SSSR count). The lowest BCUT2D eigenvalue weighted by molar-refractivity contribution is -0.116. The van der Waals surface area contributed by atoms with Crippen molar-refractivity contribution in [1.29, 1.82) is 0 Å². The molecule has 1 aliphatic carbocycles. The Kier molecular flexibility index (Phi) is 3.70. The third kappa shape index (κ3) is 2.83. The summed E-state index contributed by atoms with van der Waals surface area (Å²) in [5.41, 5.74) is 3.33. The number of fused-ring (bicyclic) bond motifs is 1. The molecule has 1 N–H and O–H groups in total. The van der Waals surface area contributed by atoms with E-state index in [2.05, 4.69) is 16.4 Å². The van der Waals surface area contributed by atoms with Crippen LogP contribution >= 0.6 is 11.6 Å². The first-order chi connectivity index (χ1) is 9.72. The summed E-state index contributed by atoms with van der Waals surface area (Å²) in [6.45, 7) is 0. The number of aryl methyl sites for hydroxylation is 1. The first kappa shape index (κ1) is 13.1. The molecule has 3 nitrogen and oxygen atoms in total. The monoisotopic (exact) mass is 286 g/mol. The molecule has 1 unspecified atom stereocenters.